The molecule has 1 aromatic rings. The van der Waals surface area contributed by atoms with Crippen LogP contribution in [-0.2, 0) is 9.59 Å². The lowest BCUT2D eigenvalue weighted by Gasteiger charge is -2.18. The molecule has 0 aromatic heterocycles. The molecule has 2 rings (SSSR count). The third-order valence-corrected chi connectivity index (χ3v) is 4.05. The van der Waals surface area contributed by atoms with Gasteiger partial charge in [-0.05, 0) is 19.1 Å². The van der Waals surface area contributed by atoms with Crippen LogP contribution in [0.4, 0.5) is 18.9 Å². The summed E-state index contributed by atoms with van der Waals surface area (Å²) in [6.45, 7) is 0.122. The summed E-state index contributed by atoms with van der Waals surface area (Å²) in [5.74, 6) is -5.88. The average molecular weight is 395 g/mol. The van der Waals surface area contributed by atoms with E-state index >= 15 is 0 Å². The van der Waals surface area contributed by atoms with Gasteiger partial charge < -0.3 is 10.4 Å². The summed E-state index contributed by atoms with van der Waals surface area (Å²) in [5, 5.41) is 11.5. The molecule has 2 atom stereocenters. The van der Waals surface area contributed by atoms with Gasteiger partial charge in [0.1, 0.15) is 0 Å². The number of amides is 1. The second-order valence-corrected chi connectivity index (χ2v) is 5.97. The van der Waals surface area contributed by atoms with Gasteiger partial charge in [-0.15, -0.1) is 12.4 Å². The van der Waals surface area contributed by atoms with Crippen molar-refractivity contribution < 1.29 is 32.7 Å². The third-order valence-electron chi connectivity index (χ3n) is 4.05. The number of hydrogen-bond donors (Lipinski definition) is 2. The Labute approximate surface area is 153 Å². The van der Waals surface area contributed by atoms with E-state index in [4.69, 9.17) is 5.11 Å². The minimum Gasteiger partial charge on any atom is -0.481 e. The molecule has 0 spiro atoms. The van der Waals surface area contributed by atoms with Crippen LogP contribution in [0.5, 0.6) is 0 Å². The van der Waals surface area contributed by atoms with Crippen molar-refractivity contribution in [2.24, 2.45) is 11.8 Å². The molecule has 1 aliphatic heterocycles. The summed E-state index contributed by atoms with van der Waals surface area (Å²) in [6.07, 6.45) is -4.63. The Hall–Kier alpha value is -2.13. The molecule has 0 saturated carbocycles. The number of carboxylic acids is 1. The monoisotopic (exact) mass is 394 g/mol. The number of anilines is 1. The van der Waals surface area contributed by atoms with Gasteiger partial charge in [-0.25, -0.2) is 0 Å². The van der Waals surface area contributed by atoms with E-state index in [-0.39, 0.29) is 31.3 Å². The summed E-state index contributed by atoms with van der Waals surface area (Å²) in [6, 6.07) is 6.15. The molecule has 0 unspecified atom stereocenters. The molecule has 1 heterocycles. The normalized spacial score (nSPS) is 20.3. The summed E-state index contributed by atoms with van der Waals surface area (Å²) >= 11 is 0. The van der Waals surface area contributed by atoms with Crippen molar-refractivity contribution in [2.75, 3.05) is 25.0 Å². The first-order valence-electron chi connectivity index (χ1n) is 7.50. The molecule has 6 nitrogen and oxygen atoms in total. The van der Waals surface area contributed by atoms with Gasteiger partial charge in [0.25, 0.3) is 0 Å². The van der Waals surface area contributed by atoms with Crippen LogP contribution in [0, 0.1) is 11.8 Å². The van der Waals surface area contributed by atoms with Gasteiger partial charge >= 0.3 is 12.1 Å². The van der Waals surface area contributed by atoms with E-state index in [1.165, 1.54) is 17.9 Å². The second-order valence-electron chi connectivity index (χ2n) is 5.97. The number of Topliss-reactive ketones (excluding diaryl/α,β-unsaturated/α-hetero) is 1. The zero-order chi connectivity index (χ0) is 18.8. The van der Waals surface area contributed by atoms with Crippen molar-refractivity contribution in [3.63, 3.8) is 0 Å². The van der Waals surface area contributed by atoms with Crippen LogP contribution in [0.2, 0.25) is 0 Å². The molecule has 1 fully saturated rings. The highest BCUT2D eigenvalue weighted by Crippen LogP contribution is 2.37. The van der Waals surface area contributed by atoms with E-state index in [9.17, 15) is 27.6 Å². The number of halogens is 4. The van der Waals surface area contributed by atoms with E-state index in [0.717, 1.165) is 0 Å². The second kappa shape index (κ2) is 8.50. The predicted molar refractivity (Wildman–Crippen MR) is 89.4 cm³/mol. The molecule has 10 heteroatoms. The lowest BCUT2D eigenvalue weighted by molar-refractivity contribution is -0.188. The van der Waals surface area contributed by atoms with Crippen LogP contribution in [0.25, 0.3) is 0 Å². The number of ketones is 1. The third kappa shape index (κ3) is 5.43. The number of carboxylic acid groups (broad SMARTS) is 1. The molecule has 1 aliphatic rings. The average Bonchev–Trinajstić information content (AvgIpc) is 2.91. The van der Waals surface area contributed by atoms with E-state index in [2.05, 4.69) is 5.32 Å². The van der Waals surface area contributed by atoms with E-state index < -0.39 is 36.4 Å². The Morgan fingerprint density at radius 1 is 1.27 bits per heavy atom. The number of benzene rings is 1. The van der Waals surface area contributed by atoms with Crippen molar-refractivity contribution in [1.82, 2.24) is 4.90 Å². The maximum Gasteiger partial charge on any atom is 0.393 e. The summed E-state index contributed by atoms with van der Waals surface area (Å²) in [7, 11) is 0. The smallest absolute Gasteiger partial charge is 0.393 e. The first kappa shape index (κ1) is 21.9. The Kier molecular flexibility index (Phi) is 7.16. The molecule has 144 valence electrons. The fourth-order valence-electron chi connectivity index (χ4n) is 2.82. The number of carbonyl (C=O) groups is 3. The van der Waals surface area contributed by atoms with Gasteiger partial charge in [0.15, 0.2) is 5.78 Å². The number of rotatable bonds is 5. The van der Waals surface area contributed by atoms with Gasteiger partial charge in [0.2, 0.25) is 5.91 Å². The Morgan fingerprint density at radius 2 is 1.92 bits per heavy atom. The van der Waals surface area contributed by atoms with E-state index in [1.807, 2.05) is 0 Å². The van der Waals surface area contributed by atoms with Crippen LogP contribution in [0.15, 0.2) is 24.3 Å². The standard InChI is InChI=1S/C16H17F3N2O4.ClH/c1-9(22)10-3-2-4-11(5-10)20-14(23)8-21-6-12(15(24)25)13(7-21)16(17,18)19;/h2-5,12-13H,6-8H2,1H3,(H,20,23)(H,24,25);1H/t12-,13-;/m1./s1. The first-order chi connectivity index (χ1) is 11.6. The maximum atomic E-state index is 12.9. The zero-order valence-corrected chi connectivity index (χ0v) is 14.6. The molecule has 1 aromatic carbocycles. The predicted octanol–water partition coefficient (Wildman–Crippen LogP) is 2.44. The number of likely N-dealkylation sites (tertiary alicyclic amines) is 1. The van der Waals surface area contributed by atoms with Crippen LogP contribution in [-0.4, -0.2) is 53.5 Å². The van der Waals surface area contributed by atoms with Gasteiger partial charge in [0, 0.05) is 24.3 Å². The number of carbonyl (C=O) groups excluding carboxylic acids is 2. The van der Waals surface area contributed by atoms with Crippen molar-refractivity contribution in [3.8, 4) is 0 Å². The van der Waals surface area contributed by atoms with Crippen molar-refractivity contribution in [1.29, 1.82) is 0 Å². The van der Waals surface area contributed by atoms with Gasteiger partial charge in [0.05, 0.1) is 18.4 Å². The van der Waals surface area contributed by atoms with Crippen molar-refractivity contribution in [2.45, 2.75) is 13.1 Å². The fraction of sp³-hybridized carbons (Fsp3) is 0.438. The highest BCUT2D eigenvalue weighted by molar-refractivity contribution is 5.97. The number of nitrogens with one attached hydrogen (secondary N) is 1. The van der Waals surface area contributed by atoms with Gasteiger partial charge in [-0.2, -0.15) is 13.2 Å². The first-order valence-corrected chi connectivity index (χ1v) is 7.50. The molecule has 1 saturated heterocycles. The number of alkyl halides is 3. The zero-order valence-electron chi connectivity index (χ0n) is 13.7. The molecule has 2 N–H and O–H groups in total. The molecular weight excluding hydrogens is 377 g/mol. The molecular formula is C16H18ClF3N2O4. The van der Waals surface area contributed by atoms with Crippen LogP contribution in [0.1, 0.15) is 17.3 Å². The summed E-state index contributed by atoms with van der Waals surface area (Å²) in [5.41, 5.74) is 0.737. The number of aliphatic carboxylic acids is 1. The summed E-state index contributed by atoms with van der Waals surface area (Å²) < 4.78 is 38.8. The largest absolute Gasteiger partial charge is 0.481 e. The van der Waals surface area contributed by atoms with E-state index in [0.29, 0.717) is 11.3 Å². The molecule has 1 amide bonds. The lowest BCUT2D eigenvalue weighted by Crippen LogP contribution is -2.34. The minimum absolute atomic E-state index is 0. The number of hydrogen-bond acceptors (Lipinski definition) is 4. The van der Waals surface area contributed by atoms with Gasteiger partial charge in [-0.3, -0.25) is 19.3 Å². The van der Waals surface area contributed by atoms with Crippen LogP contribution >= 0.6 is 12.4 Å². The Morgan fingerprint density at radius 3 is 2.42 bits per heavy atom. The molecule has 0 aliphatic carbocycles. The highest BCUT2D eigenvalue weighted by atomic mass is 35.5. The Bertz CT molecular complexity index is 696. The van der Waals surface area contributed by atoms with Crippen molar-refractivity contribution >= 4 is 35.8 Å². The number of nitrogens with zero attached hydrogens (tertiary/aromatic N) is 1. The van der Waals surface area contributed by atoms with Crippen LogP contribution in [0.3, 0.4) is 0 Å². The SMILES string of the molecule is CC(=O)c1cccc(NC(=O)CN2C[C@@H](C(F)(F)F)[C@H](C(=O)O)C2)c1.Cl. The van der Waals surface area contributed by atoms with Crippen molar-refractivity contribution in [3.05, 3.63) is 29.8 Å². The highest BCUT2D eigenvalue weighted by Gasteiger charge is 2.52. The van der Waals surface area contributed by atoms with E-state index in [1.54, 1.807) is 18.2 Å². The summed E-state index contributed by atoms with van der Waals surface area (Å²) in [4.78, 5) is 35.5. The molecule has 0 bridgehead atoms. The Balaban J connectivity index is 0.00000338. The molecule has 0 radical (unpaired) electrons. The topological polar surface area (TPSA) is 86.7 Å². The van der Waals surface area contributed by atoms with Crippen LogP contribution < -0.4 is 5.32 Å². The quantitative estimate of drug-likeness (QED) is 0.749. The fourth-order valence-corrected chi connectivity index (χ4v) is 2.82. The maximum absolute atomic E-state index is 12.9. The molecule has 26 heavy (non-hydrogen) atoms. The minimum atomic E-state index is -4.63. The van der Waals surface area contributed by atoms with Gasteiger partial charge in [-0.1, -0.05) is 12.1 Å². The lowest BCUT2D eigenvalue weighted by atomic mass is 9.96.